The molecule has 2 N–H and O–H groups in total. The average Bonchev–Trinajstić information content (AvgIpc) is 2.88. The number of hydrogen-bond acceptors (Lipinski definition) is 5. The number of carbonyl (C=O) groups excluding carboxylic acids is 1. The van der Waals surface area contributed by atoms with Crippen LogP contribution >= 0.6 is 0 Å². The molecule has 0 saturated heterocycles. The molecule has 4 aliphatic rings. The highest BCUT2D eigenvalue weighted by Gasteiger charge is 2.75. The molecule has 7 nitrogen and oxygen atoms in total. The van der Waals surface area contributed by atoms with Crippen LogP contribution in [0.4, 0.5) is 18.9 Å². The maximum atomic E-state index is 13.1. The third kappa shape index (κ3) is 1.76. The normalized spacial score (nSPS) is 31.4. The second kappa shape index (κ2) is 4.68. The zero-order valence-electron chi connectivity index (χ0n) is 13.5. The number of H-pyrrole nitrogens is 2. The third-order valence-electron chi connectivity index (χ3n) is 5.51. The fraction of sp³-hybridized carbons (Fsp3) is 0.438. The summed E-state index contributed by atoms with van der Waals surface area (Å²) < 4.78 is 44.8. The number of hydrogen-bond donors (Lipinski definition) is 2. The lowest BCUT2D eigenvalue weighted by atomic mass is 9.53. The fourth-order valence-electron chi connectivity index (χ4n) is 4.42. The Bertz CT molecular complexity index is 932. The quantitative estimate of drug-likeness (QED) is 0.803. The molecule has 6 rings (SSSR count). The second-order valence-corrected chi connectivity index (χ2v) is 6.88. The molecule has 1 aliphatic heterocycles. The summed E-state index contributed by atoms with van der Waals surface area (Å²) in [7, 11) is 0. The monoisotopic (exact) mass is 365 g/mol. The maximum absolute atomic E-state index is 13.1. The van der Waals surface area contributed by atoms with Gasteiger partial charge in [0.05, 0.1) is 28.6 Å². The van der Waals surface area contributed by atoms with E-state index >= 15 is 0 Å². The van der Waals surface area contributed by atoms with Crippen LogP contribution < -0.4 is 5.01 Å². The van der Waals surface area contributed by atoms with Crippen molar-refractivity contribution in [2.75, 3.05) is 5.01 Å². The highest BCUT2D eigenvalue weighted by molar-refractivity contribution is 5.68. The van der Waals surface area contributed by atoms with Crippen molar-refractivity contribution in [1.29, 1.82) is 0 Å². The molecule has 1 fully saturated rings. The highest BCUT2D eigenvalue weighted by Crippen LogP contribution is 2.61. The van der Waals surface area contributed by atoms with Crippen LogP contribution in [0.2, 0.25) is 0 Å². The van der Waals surface area contributed by atoms with Crippen LogP contribution in [0.3, 0.4) is 0 Å². The van der Waals surface area contributed by atoms with Crippen molar-refractivity contribution in [3.05, 3.63) is 41.2 Å². The molecule has 10 heteroatoms. The van der Waals surface area contributed by atoms with E-state index in [-0.39, 0.29) is 17.6 Å². The number of benzene rings is 1. The molecule has 1 aromatic carbocycles. The van der Waals surface area contributed by atoms with Gasteiger partial charge in [-0.3, -0.25) is 4.79 Å². The van der Waals surface area contributed by atoms with Crippen LogP contribution in [0, 0.1) is 0 Å². The summed E-state index contributed by atoms with van der Waals surface area (Å²) in [5.41, 5.74) is 0.614. The number of nitrogens with zero attached hydrogens (tertiary/aromatic N) is 3. The largest absolute Gasteiger partial charge is 0.459 e. The Hall–Kier alpha value is -2.78. The number of ether oxygens (including phenoxy) is 1. The fourth-order valence-corrected chi connectivity index (χ4v) is 4.42. The number of aromatic nitrogens is 2. The Labute approximate surface area is 145 Å². The van der Waals surface area contributed by atoms with Crippen LogP contribution in [0.1, 0.15) is 29.8 Å². The predicted molar refractivity (Wildman–Crippen MR) is 82.4 cm³/mol. The molecule has 136 valence electrons. The van der Waals surface area contributed by atoms with Gasteiger partial charge in [0, 0.05) is 13.3 Å². The Morgan fingerprint density at radius 2 is 2.19 bits per heavy atom. The molecular weight excluding hydrogens is 351 g/mol. The third-order valence-corrected chi connectivity index (χ3v) is 5.51. The summed E-state index contributed by atoms with van der Waals surface area (Å²) in [6.07, 6.45) is -4.52. The van der Waals surface area contributed by atoms with Gasteiger partial charge in [0.2, 0.25) is 0 Å². The van der Waals surface area contributed by atoms with Crippen molar-refractivity contribution in [3.63, 3.8) is 0 Å². The van der Waals surface area contributed by atoms with Gasteiger partial charge in [-0.15, -0.1) is 0 Å². The van der Waals surface area contributed by atoms with E-state index < -0.39 is 29.4 Å². The molecule has 1 spiro atoms. The van der Waals surface area contributed by atoms with Gasteiger partial charge >= 0.3 is 12.1 Å². The summed E-state index contributed by atoms with van der Waals surface area (Å²) in [6.45, 7) is 1.32. The first-order chi connectivity index (χ1) is 12.3. The molecule has 2 aromatic rings. The van der Waals surface area contributed by atoms with Crippen molar-refractivity contribution in [1.82, 2.24) is 10.2 Å². The molecular formula is C16H14F3N5O2. The van der Waals surface area contributed by atoms with E-state index in [1.807, 2.05) is 0 Å². The van der Waals surface area contributed by atoms with E-state index in [4.69, 9.17) is 4.74 Å². The number of carbonyl (C=O) groups is 1. The lowest BCUT2D eigenvalue weighted by Crippen LogP contribution is -2.77. The summed E-state index contributed by atoms with van der Waals surface area (Å²) >= 11 is 0. The van der Waals surface area contributed by atoms with Gasteiger partial charge < -0.3 is 14.9 Å². The van der Waals surface area contributed by atoms with Crippen LogP contribution in [0.5, 0.6) is 0 Å². The van der Waals surface area contributed by atoms with E-state index in [0.717, 1.165) is 23.5 Å². The van der Waals surface area contributed by atoms with Gasteiger partial charge in [-0.05, 0) is 18.2 Å². The summed E-state index contributed by atoms with van der Waals surface area (Å²) in [5.74, 6) is -0.603. The van der Waals surface area contributed by atoms with Crippen molar-refractivity contribution < 1.29 is 22.7 Å². The van der Waals surface area contributed by atoms with Crippen LogP contribution in [-0.4, -0.2) is 33.9 Å². The first kappa shape index (κ1) is 15.5. The lowest BCUT2D eigenvalue weighted by molar-refractivity contribution is -0.164. The standard InChI is InChI=1S/C16H14F3N5O2/c1-7(25)26-14-11-12-10(20-21-12)6-15(14)13(11)22-23-24(15)9-4-2-3-8(5-9)16(17,18)19/h2-5,11,13-14,20-21H,6H2,1H3. The molecule has 1 aromatic heterocycles. The molecule has 0 radical (unpaired) electrons. The predicted octanol–water partition coefficient (Wildman–Crippen LogP) is 2.94. The van der Waals surface area contributed by atoms with Crippen molar-refractivity contribution in [2.24, 2.45) is 10.3 Å². The molecule has 0 amide bonds. The van der Waals surface area contributed by atoms with Crippen molar-refractivity contribution in [3.8, 4) is 0 Å². The lowest BCUT2D eigenvalue weighted by Gasteiger charge is -2.60. The zero-order valence-corrected chi connectivity index (χ0v) is 13.5. The minimum absolute atomic E-state index is 0.163. The minimum atomic E-state index is -4.46. The number of esters is 1. The summed E-state index contributed by atoms with van der Waals surface area (Å²) in [4.78, 5) is 11.6. The van der Waals surface area contributed by atoms with E-state index in [1.54, 1.807) is 6.07 Å². The Balaban J connectivity index is 1.58. The molecule has 2 heterocycles. The second-order valence-electron chi connectivity index (χ2n) is 6.88. The molecule has 4 atom stereocenters. The molecule has 1 saturated carbocycles. The number of halogens is 3. The maximum Gasteiger partial charge on any atom is 0.416 e. The molecule has 3 aliphatic carbocycles. The van der Waals surface area contributed by atoms with Crippen LogP contribution in [0.15, 0.2) is 34.6 Å². The summed E-state index contributed by atoms with van der Waals surface area (Å²) in [6, 6.07) is 4.68. The smallest absolute Gasteiger partial charge is 0.416 e. The number of nitrogens with one attached hydrogen (secondary N) is 2. The average molecular weight is 365 g/mol. The van der Waals surface area contributed by atoms with Crippen molar-refractivity contribution >= 4 is 11.7 Å². The number of anilines is 1. The van der Waals surface area contributed by atoms with Gasteiger partial charge in [0.25, 0.3) is 0 Å². The van der Waals surface area contributed by atoms with E-state index in [1.165, 1.54) is 18.0 Å². The first-order valence-electron chi connectivity index (χ1n) is 8.13. The van der Waals surface area contributed by atoms with Gasteiger partial charge in [-0.2, -0.15) is 18.3 Å². The number of aromatic amines is 2. The number of alkyl halides is 3. The Morgan fingerprint density at radius 3 is 2.85 bits per heavy atom. The van der Waals surface area contributed by atoms with E-state index in [2.05, 4.69) is 20.5 Å². The Morgan fingerprint density at radius 1 is 1.38 bits per heavy atom. The van der Waals surface area contributed by atoms with Gasteiger partial charge in [0.1, 0.15) is 17.7 Å². The minimum Gasteiger partial charge on any atom is -0.459 e. The molecule has 2 bridgehead atoms. The Kier molecular flexibility index (Phi) is 2.79. The van der Waals surface area contributed by atoms with Gasteiger partial charge in [0.15, 0.2) is 0 Å². The zero-order chi connectivity index (χ0) is 18.3. The van der Waals surface area contributed by atoms with E-state index in [9.17, 15) is 18.0 Å². The molecule has 26 heavy (non-hydrogen) atoms. The topological polar surface area (TPSA) is 85.8 Å². The molecule has 4 unspecified atom stereocenters. The number of rotatable bonds is 2. The van der Waals surface area contributed by atoms with Crippen LogP contribution in [-0.2, 0) is 22.1 Å². The van der Waals surface area contributed by atoms with Gasteiger partial charge in [-0.1, -0.05) is 11.3 Å². The van der Waals surface area contributed by atoms with E-state index in [0.29, 0.717) is 6.42 Å². The van der Waals surface area contributed by atoms with Gasteiger partial charge in [-0.25, -0.2) is 5.01 Å². The highest BCUT2D eigenvalue weighted by atomic mass is 19.4. The summed E-state index contributed by atoms with van der Waals surface area (Å²) in [5, 5.41) is 15.9. The first-order valence-corrected chi connectivity index (χ1v) is 8.13. The van der Waals surface area contributed by atoms with Crippen molar-refractivity contribution in [2.45, 2.75) is 43.1 Å². The van der Waals surface area contributed by atoms with Crippen LogP contribution in [0.25, 0.3) is 0 Å². The SMILES string of the molecule is CC(=O)OC1C2c3[nH][nH]c3CC13C2N=NN3c1cccc(C(F)(F)F)c1.